The first kappa shape index (κ1) is 23.4. The molecule has 0 radical (unpaired) electrons. The normalized spacial score (nSPS) is 11.4. The van der Waals surface area contributed by atoms with Crippen molar-refractivity contribution in [2.45, 2.75) is 19.6 Å². The Balaban J connectivity index is 1.78. The van der Waals surface area contributed by atoms with E-state index >= 15 is 0 Å². The highest BCUT2D eigenvalue weighted by atomic mass is 19.4. The van der Waals surface area contributed by atoms with E-state index in [1.165, 1.54) is 19.1 Å². The Hall–Kier alpha value is -4.80. The molecule has 10 nitrogen and oxygen atoms in total. The van der Waals surface area contributed by atoms with Gasteiger partial charge in [0.1, 0.15) is 24.1 Å². The fourth-order valence-electron chi connectivity index (χ4n) is 3.33. The van der Waals surface area contributed by atoms with E-state index in [0.717, 1.165) is 22.9 Å². The zero-order valence-electron chi connectivity index (χ0n) is 17.6. The summed E-state index contributed by atoms with van der Waals surface area (Å²) in [5.74, 6) is -2.70. The summed E-state index contributed by atoms with van der Waals surface area (Å²) in [6.45, 7) is 0.983. The minimum atomic E-state index is -4.94. The standard InChI is InChI=1S/C21H13F4N7O3/c1-9-17(18(21(23,24)25)30-32(9)8-12-5-11(7-26)31-35-12)29-20(34)14-6-16(19(27)33)28-15-4-10(22)2-3-13(14)15/h2-6H,8H2,1H3,(H2,27,33)(H,29,34). The van der Waals surface area contributed by atoms with Crippen LogP contribution in [0.15, 0.2) is 34.9 Å². The number of primary amides is 1. The first-order chi connectivity index (χ1) is 16.5. The number of halogens is 4. The lowest BCUT2D eigenvalue weighted by Crippen LogP contribution is -2.19. The van der Waals surface area contributed by atoms with Crippen molar-refractivity contribution in [3.63, 3.8) is 0 Å². The quantitative estimate of drug-likeness (QED) is 0.410. The number of aromatic nitrogens is 4. The molecule has 0 saturated carbocycles. The van der Waals surface area contributed by atoms with Crippen LogP contribution in [0.25, 0.3) is 10.9 Å². The van der Waals surface area contributed by atoms with Crippen LogP contribution in [0.2, 0.25) is 0 Å². The van der Waals surface area contributed by atoms with Crippen LogP contribution in [0, 0.1) is 24.1 Å². The molecule has 0 aliphatic heterocycles. The monoisotopic (exact) mass is 487 g/mol. The van der Waals surface area contributed by atoms with E-state index < -0.39 is 35.2 Å². The van der Waals surface area contributed by atoms with Crippen molar-refractivity contribution in [1.29, 1.82) is 5.26 Å². The average Bonchev–Trinajstić information content (AvgIpc) is 3.37. The van der Waals surface area contributed by atoms with Gasteiger partial charge in [-0.1, -0.05) is 5.16 Å². The molecule has 1 aromatic carbocycles. The highest BCUT2D eigenvalue weighted by Gasteiger charge is 2.39. The molecule has 0 aliphatic carbocycles. The predicted octanol–water partition coefficient (Wildman–Crippen LogP) is 3.16. The molecular weight excluding hydrogens is 474 g/mol. The fourth-order valence-corrected chi connectivity index (χ4v) is 3.33. The summed E-state index contributed by atoms with van der Waals surface area (Å²) in [6.07, 6.45) is -4.94. The second-order valence-electron chi connectivity index (χ2n) is 7.29. The van der Waals surface area contributed by atoms with Gasteiger partial charge in [-0.05, 0) is 25.1 Å². The summed E-state index contributed by atoms with van der Waals surface area (Å²) in [6, 6.07) is 7.16. The Morgan fingerprint density at radius 3 is 2.63 bits per heavy atom. The van der Waals surface area contributed by atoms with Crippen molar-refractivity contribution in [1.82, 2.24) is 19.9 Å². The van der Waals surface area contributed by atoms with Gasteiger partial charge in [0.2, 0.25) is 0 Å². The largest absolute Gasteiger partial charge is 0.437 e. The average molecular weight is 487 g/mol. The third-order valence-electron chi connectivity index (χ3n) is 4.96. The molecule has 0 atom stereocenters. The first-order valence-electron chi connectivity index (χ1n) is 9.69. The molecule has 178 valence electrons. The van der Waals surface area contributed by atoms with Gasteiger partial charge in [0.15, 0.2) is 17.1 Å². The number of amides is 2. The third-order valence-corrected chi connectivity index (χ3v) is 4.96. The van der Waals surface area contributed by atoms with Gasteiger partial charge >= 0.3 is 6.18 Å². The Bertz CT molecular complexity index is 1530. The molecule has 0 fully saturated rings. The number of fused-ring (bicyclic) bond motifs is 1. The van der Waals surface area contributed by atoms with E-state index in [1.807, 2.05) is 0 Å². The van der Waals surface area contributed by atoms with Crippen molar-refractivity contribution in [3.8, 4) is 6.07 Å². The maximum Gasteiger partial charge on any atom is 0.437 e. The molecule has 4 rings (SSSR count). The molecule has 0 spiro atoms. The highest BCUT2D eigenvalue weighted by molar-refractivity contribution is 6.14. The Labute approximate surface area is 192 Å². The molecule has 0 bridgehead atoms. The van der Waals surface area contributed by atoms with Crippen molar-refractivity contribution in [2.24, 2.45) is 5.73 Å². The number of benzene rings is 1. The minimum Gasteiger partial charge on any atom is -0.364 e. The van der Waals surface area contributed by atoms with Crippen LogP contribution in [0.3, 0.4) is 0 Å². The van der Waals surface area contributed by atoms with Gasteiger partial charge in [-0.2, -0.15) is 23.5 Å². The zero-order chi connectivity index (χ0) is 25.5. The van der Waals surface area contributed by atoms with Crippen molar-refractivity contribution in [2.75, 3.05) is 5.32 Å². The fraction of sp³-hybridized carbons (Fsp3) is 0.143. The smallest absolute Gasteiger partial charge is 0.364 e. The number of anilines is 1. The molecule has 0 aliphatic rings. The molecule has 2 amide bonds. The van der Waals surface area contributed by atoms with Crippen LogP contribution in [0.4, 0.5) is 23.2 Å². The lowest BCUT2D eigenvalue weighted by atomic mass is 10.1. The Morgan fingerprint density at radius 1 is 1.26 bits per heavy atom. The molecule has 3 N–H and O–H groups in total. The van der Waals surface area contributed by atoms with Crippen LogP contribution in [-0.4, -0.2) is 31.7 Å². The van der Waals surface area contributed by atoms with Gasteiger partial charge in [-0.3, -0.25) is 14.3 Å². The number of hydrogen-bond donors (Lipinski definition) is 2. The Morgan fingerprint density at radius 2 is 2.00 bits per heavy atom. The van der Waals surface area contributed by atoms with Gasteiger partial charge in [-0.25, -0.2) is 9.37 Å². The number of carbonyl (C=O) groups is 2. The SMILES string of the molecule is Cc1c(NC(=O)c2cc(C(N)=O)nc3cc(F)ccc23)c(C(F)(F)F)nn1Cc1cc(C#N)no1. The van der Waals surface area contributed by atoms with Gasteiger partial charge < -0.3 is 15.6 Å². The van der Waals surface area contributed by atoms with E-state index in [-0.39, 0.29) is 45.9 Å². The second kappa shape index (κ2) is 8.52. The lowest BCUT2D eigenvalue weighted by molar-refractivity contribution is -0.140. The predicted molar refractivity (Wildman–Crippen MR) is 110 cm³/mol. The van der Waals surface area contributed by atoms with Crippen molar-refractivity contribution < 1.29 is 31.7 Å². The number of hydrogen-bond acceptors (Lipinski definition) is 7. The van der Waals surface area contributed by atoms with E-state index in [4.69, 9.17) is 15.5 Å². The molecule has 0 unspecified atom stereocenters. The van der Waals surface area contributed by atoms with E-state index in [2.05, 4.69) is 20.6 Å². The van der Waals surface area contributed by atoms with Gasteiger partial charge in [0.25, 0.3) is 11.8 Å². The number of nitrogens with one attached hydrogen (secondary N) is 1. The topological polar surface area (TPSA) is 153 Å². The summed E-state index contributed by atoms with van der Waals surface area (Å²) in [4.78, 5) is 28.6. The lowest BCUT2D eigenvalue weighted by Gasteiger charge is -2.11. The van der Waals surface area contributed by atoms with Crippen LogP contribution < -0.4 is 11.1 Å². The molecule has 3 aromatic heterocycles. The number of carbonyl (C=O) groups excluding carboxylic acids is 2. The maximum atomic E-state index is 13.7. The number of nitrogens with two attached hydrogens (primary N) is 1. The Kier molecular flexibility index (Phi) is 5.69. The molecule has 14 heteroatoms. The molecule has 35 heavy (non-hydrogen) atoms. The van der Waals surface area contributed by atoms with E-state index in [9.17, 15) is 27.2 Å². The van der Waals surface area contributed by atoms with Crippen LogP contribution in [0.1, 0.15) is 43.7 Å². The number of rotatable bonds is 5. The number of alkyl halides is 3. The van der Waals surface area contributed by atoms with Gasteiger partial charge in [-0.15, -0.1) is 0 Å². The molecular formula is C21H13F4N7O3. The van der Waals surface area contributed by atoms with Gasteiger partial charge in [0.05, 0.1) is 22.5 Å². The third kappa shape index (κ3) is 4.51. The summed E-state index contributed by atoms with van der Waals surface area (Å²) in [5.41, 5.74) is 2.33. The summed E-state index contributed by atoms with van der Waals surface area (Å²) >= 11 is 0. The molecule has 0 saturated heterocycles. The number of pyridine rings is 1. The van der Waals surface area contributed by atoms with E-state index in [0.29, 0.717) is 0 Å². The first-order valence-corrected chi connectivity index (χ1v) is 9.69. The van der Waals surface area contributed by atoms with Crippen molar-refractivity contribution in [3.05, 3.63) is 70.2 Å². The van der Waals surface area contributed by atoms with Crippen molar-refractivity contribution >= 4 is 28.4 Å². The number of nitriles is 1. The number of nitrogens with zero attached hydrogens (tertiary/aromatic N) is 5. The molecule has 4 aromatic rings. The minimum absolute atomic E-state index is 0.0620. The summed E-state index contributed by atoms with van der Waals surface area (Å²) < 4.78 is 60.7. The summed E-state index contributed by atoms with van der Waals surface area (Å²) in [7, 11) is 0. The van der Waals surface area contributed by atoms with Gasteiger partial charge in [0, 0.05) is 17.5 Å². The van der Waals surface area contributed by atoms with E-state index in [1.54, 1.807) is 6.07 Å². The summed E-state index contributed by atoms with van der Waals surface area (Å²) in [5, 5.41) is 18.1. The van der Waals surface area contributed by atoms with Crippen LogP contribution >= 0.6 is 0 Å². The highest BCUT2D eigenvalue weighted by Crippen LogP contribution is 2.36. The molecule has 3 heterocycles. The second-order valence-corrected chi connectivity index (χ2v) is 7.29. The maximum absolute atomic E-state index is 13.7. The zero-order valence-corrected chi connectivity index (χ0v) is 17.6. The van der Waals surface area contributed by atoms with Crippen LogP contribution in [-0.2, 0) is 12.7 Å². The van der Waals surface area contributed by atoms with Crippen LogP contribution in [0.5, 0.6) is 0 Å².